The van der Waals surface area contributed by atoms with Gasteiger partial charge in [0.2, 0.25) is 0 Å². The molecule has 0 radical (unpaired) electrons. The minimum atomic E-state index is -0.898. The molecule has 3 aliphatic rings. The molecule has 37 heavy (non-hydrogen) atoms. The second-order valence-electron chi connectivity index (χ2n) is 12.6. The summed E-state index contributed by atoms with van der Waals surface area (Å²) >= 11 is 0. The second-order valence-corrected chi connectivity index (χ2v) is 12.6. The molecule has 0 aromatic carbocycles. The molecule has 2 saturated heterocycles. The Hall–Kier alpha value is -1.62. The SMILES string of the molecule is CC(C)O[C@@H]1C[C@@H](CO)N(C(=O)OC(C)(C)COC[C@@H]2C[C@@H](OCC3CC3)CN2C(=O)OC(C)(C)C)C1. The number of nitrogens with zero attached hydrogens (tertiary/aromatic N) is 2. The molecule has 1 N–H and O–H groups in total. The van der Waals surface area contributed by atoms with Crippen LogP contribution in [-0.4, -0.2) is 108 Å². The van der Waals surface area contributed by atoms with E-state index in [0.717, 1.165) is 6.61 Å². The van der Waals surface area contributed by atoms with Crippen LogP contribution in [0.1, 0.15) is 74.1 Å². The van der Waals surface area contributed by atoms with Crippen LogP contribution in [0.2, 0.25) is 0 Å². The fourth-order valence-electron chi connectivity index (χ4n) is 4.77. The summed E-state index contributed by atoms with van der Waals surface area (Å²) in [6.07, 6.45) is 2.69. The average molecular weight is 529 g/mol. The maximum atomic E-state index is 12.9. The highest BCUT2D eigenvalue weighted by molar-refractivity contribution is 5.69. The van der Waals surface area contributed by atoms with Crippen molar-refractivity contribution in [3.8, 4) is 0 Å². The van der Waals surface area contributed by atoms with Gasteiger partial charge in [-0.1, -0.05) is 0 Å². The van der Waals surface area contributed by atoms with Gasteiger partial charge >= 0.3 is 12.2 Å². The first-order valence-electron chi connectivity index (χ1n) is 13.7. The van der Waals surface area contributed by atoms with E-state index in [9.17, 15) is 14.7 Å². The standard InChI is InChI=1S/C27H48N2O8/c1-18(2)35-23-10-20(14-30)28(13-23)25(32)37-27(6,7)17-33-16-21-11-22(34-15-19-8-9-19)12-29(21)24(31)36-26(3,4)5/h18-23,30H,8-17H2,1-7H3/t20-,21-,22+,23+/m0/s1. The Labute approximate surface area is 221 Å². The number of amides is 2. The molecule has 0 aromatic heterocycles. The van der Waals surface area contributed by atoms with Crippen LogP contribution in [0.15, 0.2) is 0 Å². The molecule has 0 spiro atoms. The normalized spacial score (nSPS) is 26.7. The monoisotopic (exact) mass is 528 g/mol. The Kier molecular flexibility index (Phi) is 10.1. The van der Waals surface area contributed by atoms with Crippen LogP contribution in [0.5, 0.6) is 0 Å². The third-order valence-corrected chi connectivity index (χ3v) is 6.68. The Morgan fingerprint density at radius 1 is 0.892 bits per heavy atom. The largest absolute Gasteiger partial charge is 0.444 e. The minimum absolute atomic E-state index is 0.0414. The van der Waals surface area contributed by atoms with Gasteiger partial charge in [-0.3, -0.25) is 0 Å². The fraction of sp³-hybridized carbons (Fsp3) is 0.926. The van der Waals surface area contributed by atoms with Gasteiger partial charge in [0.1, 0.15) is 11.2 Å². The van der Waals surface area contributed by atoms with Crippen LogP contribution >= 0.6 is 0 Å². The van der Waals surface area contributed by atoms with Crippen LogP contribution in [0, 0.1) is 5.92 Å². The van der Waals surface area contributed by atoms with E-state index >= 15 is 0 Å². The Bertz CT molecular complexity index is 764. The van der Waals surface area contributed by atoms with Crippen LogP contribution in [-0.2, 0) is 23.7 Å². The van der Waals surface area contributed by atoms with Gasteiger partial charge in [0.25, 0.3) is 0 Å². The predicted molar refractivity (Wildman–Crippen MR) is 137 cm³/mol. The third kappa shape index (κ3) is 9.57. The molecule has 2 heterocycles. The van der Waals surface area contributed by atoms with Crippen LogP contribution < -0.4 is 0 Å². The zero-order valence-electron chi connectivity index (χ0n) is 23.7. The van der Waals surface area contributed by atoms with Crippen molar-refractivity contribution >= 4 is 12.2 Å². The summed E-state index contributed by atoms with van der Waals surface area (Å²) in [5, 5.41) is 9.75. The highest BCUT2D eigenvalue weighted by Gasteiger charge is 2.41. The lowest BCUT2D eigenvalue weighted by Crippen LogP contribution is -2.45. The van der Waals surface area contributed by atoms with Crippen molar-refractivity contribution in [3.05, 3.63) is 0 Å². The zero-order valence-corrected chi connectivity index (χ0v) is 23.7. The molecule has 2 aliphatic heterocycles. The molecule has 3 rings (SSSR count). The van der Waals surface area contributed by atoms with Crippen molar-refractivity contribution in [3.63, 3.8) is 0 Å². The second kappa shape index (κ2) is 12.5. The molecule has 1 aliphatic carbocycles. The molecule has 0 aromatic rings. The maximum absolute atomic E-state index is 12.9. The Morgan fingerprint density at radius 2 is 1.49 bits per heavy atom. The molecule has 0 bridgehead atoms. The first-order valence-corrected chi connectivity index (χ1v) is 13.7. The first-order chi connectivity index (χ1) is 17.3. The van der Waals surface area contributed by atoms with Crippen molar-refractivity contribution in [1.82, 2.24) is 9.80 Å². The highest BCUT2D eigenvalue weighted by atomic mass is 16.6. The van der Waals surface area contributed by atoms with Crippen LogP contribution in [0.4, 0.5) is 9.59 Å². The van der Waals surface area contributed by atoms with E-state index in [4.69, 9.17) is 23.7 Å². The van der Waals surface area contributed by atoms with E-state index in [1.807, 2.05) is 34.6 Å². The van der Waals surface area contributed by atoms with Crippen molar-refractivity contribution in [1.29, 1.82) is 0 Å². The summed E-state index contributed by atoms with van der Waals surface area (Å²) < 4.78 is 29.3. The topological polar surface area (TPSA) is 107 Å². The van der Waals surface area contributed by atoms with E-state index < -0.39 is 17.3 Å². The summed E-state index contributed by atoms with van der Waals surface area (Å²) in [5.74, 6) is 0.647. The van der Waals surface area contributed by atoms with Crippen LogP contribution in [0.3, 0.4) is 0 Å². The number of carbonyl (C=O) groups is 2. The zero-order chi connectivity index (χ0) is 27.4. The molecule has 1 saturated carbocycles. The summed E-state index contributed by atoms with van der Waals surface area (Å²) in [5.41, 5.74) is -1.49. The van der Waals surface area contributed by atoms with E-state index in [2.05, 4.69) is 0 Å². The molecule has 214 valence electrons. The Balaban J connectivity index is 1.51. The number of carbonyl (C=O) groups excluding carboxylic acids is 2. The first kappa shape index (κ1) is 29.9. The van der Waals surface area contributed by atoms with E-state index in [1.165, 1.54) is 17.7 Å². The summed E-state index contributed by atoms with van der Waals surface area (Å²) in [6.45, 7) is 14.9. The van der Waals surface area contributed by atoms with Gasteiger partial charge in [0, 0.05) is 6.61 Å². The predicted octanol–water partition coefficient (Wildman–Crippen LogP) is 3.58. The summed E-state index contributed by atoms with van der Waals surface area (Å²) in [4.78, 5) is 29.0. The summed E-state index contributed by atoms with van der Waals surface area (Å²) in [6, 6.07) is -0.515. The molecule has 3 fully saturated rings. The Morgan fingerprint density at radius 3 is 2.08 bits per heavy atom. The molecule has 4 atom stereocenters. The molecule has 2 amide bonds. The minimum Gasteiger partial charge on any atom is -0.444 e. The van der Waals surface area contributed by atoms with Gasteiger partial charge in [-0.25, -0.2) is 9.59 Å². The van der Waals surface area contributed by atoms with Crippen molar-refractivity contribution in [2.45, 2.75) is 116 Å². The number of ether oxygens (including phenoxy) is 5. The molecular weight excluding hydrogens is 480 g/mol. The summed E-state index contributed by atoms with van der Waals surface area (Å²) in [7, 11) is 0. The maximum Gasteiger partial charge on any atom is 0.410 e. The number of aliphatic hydroxyl groups is 1. The van der Waals surface area contributed by atoms with E-state index in [1.54, 1.807) is 18.7 Å². The number of hydrogen-bond donors (Lipinski definition) is 1. The van der Waals surface area contributed by atoms with Gasteiger partial charge in [0.15, 0.2) is 0 Å². The van der Waals surface area contributed by atoms with Gasteiger partial charge in [-0.2, -0.15) is 0 Å². The van der Waals surface area contributed by atoms with E-state index in [0.29, 0.717) is 31.8 Å². The lowest BCUT2D eigenvalue weighted by molar-refractivity contribution is -0.0575. The van der Waals surface area contributed by atoms with Gasteiger partial charge in [0.05, 0.1) is 63.3 Å². The third-order valence-electron chi connectivity index (χ3n) is 6.68. The quantitative estimate of drug-likeness (QED) is 0.434. The molecule has 0 unspecified atom stereocenters. The number of aliphatic hydroxyl groups excluding tert-OH is 1. The van der Waals surface area contributed by atoms with Crippen molar-refractivity contribution in [2.24, 2.45) is 5.92 Å². The van der Waals surface area contributed by atoms with Gasteiger partial charge < -0.3 is 38.6 Å². The van der Waals surface area contributed by atoms with Crippen molar-refractivity contribution in [2.75, 3.05) is 39.5 Å². The number of hydrogen-bond acceptors (Lipinski definition) is 8. The van der Waals surface area contributed by atoms with Crippen molar-refractivity contribution < 1.29 is 38.4 Å². The number of likely N-dealkylation sites (tertiary alicyclic amines) is 2. The fourth-order valence-corrected chi connectivity index (χ4v) is 4.77. The van der Waals surface area contributed by atoms with Gasteiger partial charge in [-0.05, 0) is 80.1 Å². The number of rotatable bonds is 11. The smallest absolute Gasteiger partial charge is 0.410 e. The van der Waals surface area contributed by atoms with E-state index in [-0.39, 0.29) is 56.3 Å². The lowest BCUT2D eigenvalue weighted by atomic mass is 10.1. The molecular formula is C27H48N2O8. The molecule has 10 heteroatoms. The van der Waals surface area contributed by atoms with Gasteiger partial charge in [-0.15, -0.1) is 0 Å². The molecule has 10 nitrogen and oxygen atoms in total. The average Bonchev–Trinajstić information content (AvgIpc) is 3.36. The van der Waals surface area contributed by atoms with Crippen LogP contribution in [0.25, 0.3) is 0 Å². The highest BCUT2D eigenvalue weighted by Crippen LogP contribution is 2.31. The lowest BCUT2D eigenvalue weighted by Gasteiger charge is -2.31.